The quantitative estimate of drug-likeness (QED) is 0.633. The molecule has 0 saturated carbocycles. The van der Waals surface area contributed by atoms with Gasteiger partial charge >= 0.3 is 0 Å². The number of Topliss-reactive ketones (excluding diaryl/α,β-unsaturated/α-hetero) is 1. The third kappa shape index (κ3) is 14.3. The number of hydrogen-bond acceptors (Lipinski definition) is 4. The van der Waals surface area contributed by atoms with Crippen LogP contribution >= 0.6 is 11.8 Å². The van der Waals surface area contributed by atoms with Gasteiger partial charge < -0.3 is 10.6 Å². The summed E-state index contributed by atoms with van der Waals surface area (Å²) in [5, 5.41) is 5.25. The molecule has 5 nitrogen and oxygen atoms in total. The molecule has 140 valence electrons. The lowest BCUT2D eigenvalue weighted by atomic mass is 10.2. The van der Waals surface area contributed by atoms with Crippen LogP contribution in [0.5, 0.6) is 0 Å². The first-order chi connectivity index (χ1) is 10.8. The van der Waals surface area contributed by atoms with Crippen LogP contribution in [-0.2, 0) is 14.4 Å². The fourth-order valence-corrected chi connectivity index (χ4v) is 2.73. The second-order valence-electron chi connectivity index (χ2n) is 5.56. The maximum Gasteiger partial charge on any atom is 0.233 e. The number of nitrogens with one attached hydrogen (secondary N) is 2. The van der Waals surface area contributed by atoms with Crippen molar-refractivity contribution in [1.82, 2.24) is 10.6 Å². The van der Waals surface area contributed by atoms with Gasteiger partial charge in [-0.15, -0.1) is 11.8 Å². The average Bonchev–Trinajstić information content (AvgIpc) is 2.46. The number of hydrogen-bond donors (Lipinski definition) is 2. The van der Waals surface area contributed by atoms with Crippen molar-refractivity contribution >= 4 is 29.4 Å². The normalized spacial score (nSPS) is 12.7. The molecule has 0 fully saturated rings. The largest absolute Gasteiger partial charge is 0.354 e. The fraction of sp³-hybridized carbons (Fsp3) is 0.824. The van der Waals surface area contributed by atoms with Gasteiger partial charge in [-0.3, -0.25) is 14.4 Å². The molecule has 0 radical (unpaired) electrons. The summed E-state index contributed by atoms with van der Waals surface area (Å²) < 4.78 is 0. The number of carbonyl (C=O) groups excluding carboxylic acids is 3. The molecule has 0 rings (SSSR count). The zero-order valence-electron chi connectivity index (χ0n) is 15.7. The van der Waals surface area contributed by atoms with Gasteiger partial charge in [-0.25, -0.2) is 0 Å². The predicted molar refractivity (Wildman–Crippen MR) is 103 cm³/mol. The Balaban J connectivity index is -0.000000530. The van der Waals surface area contributed by atoms with E-state index in [1.807, 2.05) is 41.5 Å². The van der Waals surface area contributed by atoms with Crippen LogP contribution in [0.2, 0.25) is 0 Å². The third-order valence-corrected chi connectivity index (χ3v) is 4.11. The van der Waals surface area contributed by atoms with Gasteiger partial charge in [0.15, 0.2) is 0 Å². The van der Waals surface area contributed by atoms with Crippen LogP contribution in [0, 0.1) is 0 Å². The van der Waals surface area contributed by atoms with E-state index in [9.17, 15) is 14.4 Å². The van der Waals surface area contributed by atoms with E-state index < -0.39 is 5.25 Å². The smallest absolute Gasteiger partial charge is 0.233 e. The van der Waals surface area contributed by atoms with Crippen molar-refractivity contribution in [1.29, 1.82) is 0 Å². The number of rotatable bonds is 10. The predicted octanol–water partition coefficient (Wildman–Crippen LogP) is 3.41. The van der Waals surface area contributed by atoms with Gasteiger partial charge in [0.2, 0.25) is 11.8 Å². The Morgan fingerprint density at radius 2 is 1.65 bits per heavy atom. The molecule has 0 bridgehead atoms. The molecular formula is C17H38N2O3S. The zero-order chi connectivity index (χ0) is 18.4. The highest BCUT2D eigenvalue weighted by Gasteiger charge is 2.23. The van der Waals surface area contributed by atoms with Crippen LogP contribution in [0.1, 0.15) is 70.6 Å². The first kappa shape index (κ1) is 24.2. The van der Waals surface area contributed by atoms with E-state index in [4.69, 9.17) is 0 Å². The maximum atomic E-state index is 12.1. The van der Waals surface area contributed by atoms with Gasteiger partial charge in [-0.1, -0.05) is 20.8 Å². The average molecular weight is 351 g/mol. The fourth-order valence-electron chi connectivity index (χ4n) is 1.55. The van der Waals surface area contributed by atoms with Crippen molar-refractivity contribution in [3.63, 3.8) is 0 Å². The lowest BCUT2D eigenvalue weighted by Gasteiger charge is -2.19. The Labute approximate surface area is 148 Å². The topological polar surface area (TPSA) is 75.3 Å². The number of amides is 2. The van der Waals surface area contributed by atoms with Gasteiger partial charge in [-0.05, 0) is 34.1 Å². The Morgan fingerprint density at radius 1 is 1.09 bits per heavy atom. The van der Waals surface area contributed by atoms with Crippen molar-refractivity contribution in [2.75, 3.05) is 5.75 Å². The monoisotopic (exact) mass is 350 g/mol. The molecule has 2 N–H and O–H groups in total. The van der Waals surface area contributed by atoms with Crippen molar-refractivity contribution in [3.05, 3.63) is 0 Å². The Kier molecular flexibility index (Phi) is 15.3. The van der Waals surface area contributed by atoms with Crippen LogP contribution < -0.4 is 10.6 Å². The third-order valence-electron chi connectivity index (χ3n) is 2.89. The molecule has 6 heteroatoms. The number of ketones is 1. The van der Waals surface area contributed by atoms with Crippen molar-refractivity contribution in [2.45, 2.75) is 85.1 Å². The van der Waals surface area contributed by atoms with Crippen LogP contribution in [0.15, 0.2) is 0 Å². The Bertz CT molecular complexity index is 370. The Morgan fingerprint density at radius 3 is 2.09 bits per heavy atom. The molecule has 0 aromatic rings. The van der Waals surface area contributed by atoms with Gasteiger partial charge in [0, 0.05) is 33.5 Å². The molecule has 0 heterocycles. The molecular weight excluding hydrogens is 312 g/mol. The second-order valence-corrected chi connectivity index (χ2v) is 6.87. The minimum Gasteiger partial charge on any atom is -0.354 e. The highest BCUT2D eigenvalue weighted by atomic mass is 32.2. The first-order valence-corrected chi connectivity index (χ1v) is 9.51. The second kappa shape index (κ2) is 14.5. The molecule has 0 aromatic carbocycles. The Hall–Kier alpha value is -1.04. The minimum atomic E-state index is -0.448. The SMILES string of the molecule is CC.CCC(C)NC(=O)CC(SCCC(C)=O)C(=O)NC(C)C.[HH].[HH]. The van der Waals surface area contributed by atoms with Crippen LogP contribution in [0.4, 0.5) is 0 Å². The van der Waals surface area contributed by atoms with E-state index in [-0.39, 0.29) is 39.0 Å². The van der Waals surface area contributed by atoms with Gasteiger partial charge in [0.1, 0.15) is 5.78 Å². The first-order valence-electron chi connectivity index (χ1n) is 8.47. The molecule has 2 amide bonds. The molecule has 0 aliphatic rings. The van der Waals surface area contributed by atoms with E-state index >= 15 is 0 Å². The highest BCUT2D eigenvalue weighted by molar-refractivity contribution is 8.00. The highest BCUT2D eigenvalue weighted by Crippen LogP contribution is 2.17. The summed E-state index contributed by atoms with van der Waals surface area (Å²) in [7, 11) is 0. The lowest BCUT2D eigenvalue weighted by Crippen LogP contribution is -2.41. The molecule has 0 saturated heterocycles. The van der Waals surface area contributed by atoms with Gasteiger partial charge in [0.25, 0.3) is 0 Å². The van der Waals surface area contributed by atoms with E-state index in [1.165, 1.54) is 18.7 Å². The summed E-state index contributed by atoms with van der Waals surface area (Å²) in [4.78, 5) is 35.0. The minimum absolute atomic E-state index is 0. The number of thioether (sulfide) groups is 1. The van der Waals surface area contributed by atoms with Crippen LogP contribution in [0.3, 0.4) is 0 Å². The molecule has 0 aliphatic carbocycles. The summed E-state index contributed by atoms with van der Waals surface area (Å²) in [6, 6.07) is 0.138. The summed E-state index contributed by atoms with van der Waals surface area (Å²) in [5.74, 6) is 0.387. The lowest BCUT2D eigenvalue weighted by molar-refractivity contribution is -0.126. The maximum absolute atomic E-state index is 12.1. The summed E-state index contributed by atoms with van der Waals surface area (Å²) >= 11 is 1.37. The summed E-state index contributed by atoms with van der Waals surface area (Å²) in [6.07, 6.45) is 1.42. The van der Waals surface area contributed by atoms with E-state index in [1.54, 1.807) is 0 Å². The van der Waals surface area contributed by atoms with Gasteiger partial charge in [-0.2, -0.15) is 0 Å². The van der Waals surface area contributed by atoms with Crippen LogP contribution in [0.25, 0.3) is 0 Å². The van der Waals surface area contributed by atoms with E-state index in [0.29, 0.717) is 12.2 Å². The van der Waals surface area contributed by atoms with Gasteiger partial charge in [0.05, 0.1) is 5.25 Å². The van der Waals surface area contributed by atoms with E-state index in [0.717, 1.165) is 6.42 Å². The van der Waals surface area contributed by atoms with Crippen molar-refractivity contribution in [3.8, 4) is 0 Å². The molecule has 2 unspecified atom stereocenters. The molecule has 2 atom stereocenters. The van der Waals surface area contributed by atoms with Crippen molar-refractivity contribution in [2.24, 2.45) is 0 Å². The molecule has 0 aliphatic heterocycles. The standard InChI is InChI=1S/C15H28N2O3S.C2H6.2H2/c1-6-11(4)17-14(19)9-13(15(20)16-10(2)3)21-8-7-12(5)18;1-2;;/h10-11,13H,6-9H2,1-5H3,(H,16,20)(H,17,19);1-2H3;2*1H. The molecule has 0 spiro atoms. The summed E-state index contributed by atoms with van der Waals surface area (Å²) in [5.41, 5.74) is 0. The van der Waals surface area contributed by atoms with Crippen molar-refractivity contribution < 1.29 is 17.2 Å². The summed E-state index contributed by atoms with van der Waals surface area (Å²) in [6.45, 7) is 13.2. The number of carbonyl (C=O) groups is 3. The van der Waals surface area contributed by atoms with Crippen LogP contribution in [-0.4, -0.2) is 40.7 Å². The molecule has 23 heavy (non-hydrogen) atoms. The molecule has 0 aromatic heterocycles. The zero-order valence-corrected chi connectivity index (χ0v) is 16.5. The van der Waals surface area contributed by atoms with E-state index in [2.05, 4.69) is 10.6 Å².